The average Bonchev–Trinajstić information content (AvgIpc) is 3.03. The van der Waals surface area contributed by atoms with Gasteiger partial charge in [-0.1, -0.05) is 18.2 Å². The van der Waals surface area contributed by atoms with Gasteiger partial charge < -0.3 is 5.32 Å². The Morgan fingerprint density at radius 2 is 2.04 bits per heavy atom. The van der Waals surface area contributed by atoms with E-state index in [1.807, 2.05) is 24.4 Å². The number of alkyl halides is 3. The molecule has 0 amide bonds. The highest BCUT2D eigenvalue weighted by Crippen LogP contribution is 2.50. The van der Waals surface area contributed by atoms with Crippen molar-refractivity contribution in [1.29, 1.82) is 0 Å². The zero-order valence-corrected chi connectivity index (χ0v) is 12.2. The number of nitrogens with one attached hydrogen (secondary N) is 1. The highest BCUT2D eigenvalue weighted by atomic mass is 19.4. The van der Waals surface area contributed by atoms with Crippen LogP contribution in [0.2, 0.25) is 0 Å². The number of benzene rings is 1. The monoisotopic (exact) mass is 316 g/mol. The molecule has 2 aromatic rings. The van der Waals surface area contributed by atoms with Crippen molar-refractivity contribution in [3.05, 3.63) is 71.6 Å². The molecule has 0 saturated carbocycles. The summed E-state index contributed by atoms with van der Waals surface area (Å²) in [5, 5.41) is 3.42. The van der Waals surface area contributed by atoms with E-state index >= 15 is 0 Å². The van der Waals surface area contributed by atoms with Gasteiger partial charge in [0.1, 0.15) is 0 Å². The van der Waals surface area contributed by atoms with Crippen LogP contribution in [0.3, 0.4) is 0 Å². The molecule has 1 aliphatic heterocycles. The van der Waals surface area contributed by atoms with Crippen molar-refractivity contribution in [2.24, 2.45) is 5.92 Å². The largest absolute Gasteiger partial charge is 0.416 e. The van der Waals surface area contributed by atoms with Gasteiger partial charge in [0.05, 0.1) is 11.6 Å². The normalized spacial score (nSPS) is 25.6. The lowest BCUT2D eigenvalue weighted by Gasteiger charge is -2.37. The molecule has 1 N–H and O–H groups in total. The third kappa shape index (κ3) is 2.40. The van der Waals surface area contributed by atoms with Crippen LogP contribution in [0, 0.1) is 5.92 Å². The molecule has 0 fully saturated rings. The van der Waals surface area contributed by atoms with Crippen LogP contribution in [0.1, 0.15) is 35.1 Å². The molecule has 2 heterocycles. The van der Waals surface area contributed by atoms with Gasteiger partial charge in [-0.05, 0) is 47.7 Å². The first-order chi connectivity index (χ1) is 11.0. The van der Waals surface area contributed by atoms with E-state index in [0.29, 0.717) is 0 Å². The van der Waals surface area contributed by atoms with Crippen molar-refractivity contribution in [2.75, 3.05) is 5.32 Å². The number of rotatable bonds is 1. The van der Waals surface area contributed by atoms with Crippen LogP contribution in [0.15, 0.2) is 54.9 Å². The zero-order valence-electron chi connectivity index (χ0n) is 12.2. The quantitative estimate of drug-likeness (QED) is 0.755. The Kier molecular flexibility index (Phi) is 3.18. The molecule has 5 heteroatoms. The fourth-order valence-corrected chi connectivity index (χ4v) is 3.66. The second-order valence-electron chi connectivity index (χ2n) is 6.06. The van der Waals surface area contributed by atoms with E-state index in [1.54, 1.807) is 12.3 Å². The Morgan fingerprint density at radius 3 is 2.78 bits per heavy atom. The summed E-state index contributed by atoms with van der Waals surface area (Å²) in [5.41, 5.74) is 1.99. The molecule has 2 nitrogen and oxygen atoms in total. The Bertz CT molecular complexity index is 753. The Hall–Kier alpha value is -2.30. The van der Waals surface area contributed by atoms with Crippen molar-refractivity contribution < 1.29 is 13.2 Å². The molecule has 3 atom stereocenters. The van der Waals surface area contributed by atoms with Gasteiger partial charge in [-0.3, -0.25) is 4.98 Å². The van der Waals surface area contributed by atoms with Crippen LogP contribution in [-0.4, -0.2) is 4.98 Å². The average molecular weight is 316 g/mol. The molecule has 1 aromatic carbocycles. The maximum Gasteiger partial charge on any atom is 0.416 e. The van der Waals surface area contributed by atoms with Crippen LogP contribution in [0.25, 0.3) is 0 Å². The molecular formula is C18H15F3N2. The van der Waals surface area contributed by atoms with Gasteiger partial charge in [-0.2, -0.15) is 13.2 Å². The number of pyridine rings is 1. The van der Waals surface area contributed by atoms with Gasteiger partial charge >= 0.3 is 6.18 Å². The summed E-state index contributed by atoms with van der Waals surface area (Å²) in [5.74, 6) is 0.230. The van der Waals surface area contributed by atoms with E-state index in [9.17, 15) is 13.2 Å². The molecule has 0 bridgehead atoms. The van der Waals surface area contributed by atoms with Gasteiger partial charge in [0.2, 0.25) is 0 Å². The third-order valence-electron chi connectivity index (χ3n) is 4.73. The molecule has 2 aliphatic rings. The number of nitrogens with zero attached hydrogens (tertiary/aromatic N) is 1. The van der Waals surface area contributed by atoms with E-state index in [4.69, 9.17) is 0 Å². The Labute approximate surface area is 132 Å². The summed E-state index contributed by atoms with van der Waals surface area (Å²) in [4.78, 5) is 4.17. The predicted molar refractivity (Wildman–Crippen MR) is 82.0 cm³/mol. The number of hydrogen-bond acceptors (Lipinski definition) is 2. The molecule has 23 heavy (non-hydrogen) atoms. The molecule has 0 spiro atoms. The minimum absolute atomic E-state index is 0.0127. The highest BCUT2D eigenvalue weighted by molar-refractivity contribution is 5.60. The van der Waals surface area contributed by atoms with E-state index in [0.717, 1.165) is 29.3 Å². The molecule has 0 unspecified atom stereocenters. The van der Waals surface area contributed by atoms with Crippen molar-refractivity contribution >= 4 is 5.69 Å². The smallest absolute Gasteiger partial charge is 0.378 e. The lowest BCUT2D eigenvalue weighted by atomic mass is 9.77. The number of anilines is 1. The Balaban J connectivity index is 1.78. The standard InChI is InChI=1S/C18H15F3N2/c19-18(20,21)12-6-7-16-15(9-12)13-4-1-5-14(13)17(23-16)11-3-2-8-22-10-11/h1-4,6-10,13-14,17,23H,5H2/t13-,14-,17-/m1/s1. The number of hydrogen-bond donors (Lipinski definition) is 1. The van der Waals surface area contributed by atoms with E-state index < -0.39 is 11.7 Å². The van der Waals surface area contributed by atoms with Crippen LogP contribution in [-0.2, 0) is 6.18 Å². The lowest BCUT2D eigenvalue weighted by Crippen LogP contribution is -2.29. The first-order valence-corrected chi connectivity index (χ1v) is 7.58. The Morgan fingerprint density at radius 1 is 1.17 bits per heavy atom. The van der Waals surface area contributed by atoms with Crippen molar-refractivity contribution in [2.45, 2.75) is 24.6 Å². The molecule has 4 rings (SSSR count). The SMILES string of the molecule is FC(F)(F)c1ccc2c(c1)[C@@H]1C=CC[C@H]1[C@@H](c1cccnc1)N2. The number of fused-ring (bicyclic) bond motifs is 3. The minimum Gasteiger partial charge on any atom is -0.378 e. The summed E-state index contributed by atoms with van der Waals surface area (Å²) in [6, 6.07) is 7.93. The molecule has 118 valence electrons. The summed E-state index contributed by atoms with van der Waals surface area (Å²) in [7, 11) is 0. The number of aromatic nitrogens is 1. The van der Waals surface area contributed by atoms with Crippen LogP contribution < -0.4 is 5.32 Å². The van der Waals surface area contributed by atoms with Crippen LogP contribution >= 0.6 is 0 Å². The van der Waals surface area contributed by atoms with Crippen LogP contribution in [0.4, 0.5) is 18.9 Å². The van der Waals surface area contributed by atoms with E-state index in [2.05, 4.69) is 16.4 Å². The molecule has 1 aromatic heterocycles. The van der Waals surface area contributed by atoms with Gasteiger partial charge in [-0.25, -0.2) is 0 Å². The topological polar surface area (TPSA) is 24.9 Å². The summed E-state index contributed by atoms with van der Waals surface area (Å²) in [6.45, 7) is 0. The second kappa shape index (κ2) is 5.11. The first kappa shape index (κ1) is 14.3. The van der Waals surface area contributed by atoms with Gasteiger partial charge in [0.15, 0.2) is 0 Å². The molecule has 0 radical (unpaired) electrons. The number of allylic oxidation sites excluding steroid dienone is 2. The third-order valence-corrected chi connectivity index (χ3v) is 4.73. The van der Waals surface area contributed by atoms with E-state index in [1.165, 1.54) is 6.07 Å². The maximum atomic E-state index is 13.0. The maximum absolute atomic E-state index is 13.0. The molecular weight excluding hydrogens is 301 g/mol. The molecule has 1 aliphatic carbocycles. The van der Waals surface area contributed by atoms with Crippen molar-refractivity contribution in [1.82, 2.24) is 4.98 Å². The number of halogens is 3. The lowest BCUT2D eigenvalue weighted by molar-refractivity contribution is -0.137. The first-order valence-electron chi connectivity index (χ1n) is 7.58. The summed E-state index contributed by atoms with van der Waals surface area (Å²) in [6.07, 6.45) is 4.19. The van der Waals surface area contributed by atoms with Crippen molar-refractivity contribution in [3.63, 3.8) is 0 Å². The zero-order chi connectivity index (χ0) is 16.0. The van der Waals surface area contributed by atoms with Gasteiger partial charge in [0, 0.05) is 24.0 Å². The minimum atomic E-state index is -4.31. The fraction of sp³-hybridized carbons (Fsp3) is 0.278. The second-order valence-corrected chi connectivity index (χ2v) is 6.06. The van der Waals surface area contributed by atoms with Crippen molar-refractivity contribution in [3.8, 4) is 0 Å². The van der Waals surface area contributed by atoms with Crippen LogP contribution in [0.5, 0.6) is 0 Å². The van der Waals surface area contributed by atoms with Gasteiger partial charge in [0.25, 0.3) is 0 Å². The summed E-state index contributed by atoms with van der Waals surface area (Å²) < 4.78 is 39.0. The van der Waals surface area contributed by atoms with Gasteiger partial charge in [-0.15, -0.1) is 0 Å². The fourth-order valence-electron chi connectivity index (χ4n) is 3.66. The predicted octanol–water partition coefficient (Wildman–Crippen LogP) is 4.93. The summed E-state index contributed by atoms with van der Waals surface area (Å²) >= 11 is 0. The van der Waals surface area contributed by atoms with E-state index in [-0.39, 0.29) is 17.9 Å². The highest BCUT2D eigenvalue weighted by Gasteiger charge is 2.39. The molecule has 0 saturated heterocycles.